The first-order valence-corrected chi connectivity index (χ1v) is 4.85. The van der Waals surface area contributed by atoms with Crippen molar-refractivity contribution in [3.8, 4) is 0 Å². The summed E-state index contributed by atoms with van der Waals surface area (Å²) in [5, 5.41) is 9.19. The summed E-state index contributed by atoms with van der Waals surface area (Å²) in [6.45, 7) is 2.28. The van der Waals surface area contributed by atoms with Crippen LogP contribution in [0.4, 0.5) is 0 Å². The van der Waals surface area contributed by atoms with E-state index in [1.54, 1.807) is 0 Å². The molecule has 0 aliphatic heterocycles. The molecule has 1 atom stereocenters. The van der Waals surface area contributed by atoms with Crippen LogP contribution in [-0.2, 0) is 5.41 Å². The highest BCUT2D eigenvalue weighted by molar-refractivity contribution is 9.10. The number of nitrogens with two attached hydrogens (primary N) is 1. The molecular weight excluding hydrogens is 232 g/mol. The maximum absolute atomic E-state index is 9.19. The van der Waals surface area contributed by atoms with Gasteiger partial charge in [-0.3, -0.25) is 0 Å². The highest BCUT2D eigenvalue weighted by Crippen LogP contribution is 2.21. The minimum Gasteiger partial charge on any atom is -0.395 e. The fourth-order valence-electron chi connectivity index (χ4n) is 0.995. The Bertz CT molecular complexity index is 287. The smallest absolute Gasteiger partial charge is 0.106 e. The summed E-state index contributed by atoms with van der Waals surface area (Å²) in [6, 6.07) is 5.60. The van der Waals surface area contributed by atoms with Crippen LogP contribution in [0.25, 0.3) is 0 Å². The van der Waals surface area contributed by atoms with E-state index in [0.29, 0.717) is 6.54 Å². The highest BCUT2D eigenvalue weighted by atomic mass is 79.9. The van der Waals surface area contributed by atoms with Gasteiger partial charge in [0.15, 0.2) is 0 Å². The van der Waals surface area contributed by atoms with E-state index in [2.05, 4.69) is 20.9 Å². The molecule has 0 spiro atoms. The van der Waals surface area contributed by atoms with Crippen LogP contribution in [0, 0.1) is 0 Å². The van der Waals surface area contributed by atoms with Crippen LogP contribution in [0.5, 0.6) is 0 Å². The number of halogens is 1. The molecule has 1 aromatic heterocycles. The molecule has 0 fully saturated rings. The van der Waals surface area contributed by atoms with Gasteiger partial charge in [0, 0.05) is 12.0 Å². The van der Waals surface area contributed by atoms with Crippen molar-refractivity contribution in [1.29, 1.82) is 0 Å². The lowest BCUT2D eigenvalue weighted by Crippen LogP contribution is -2.36. The van der Waals surface area contributed by atoms with Crippen molar-refractivity contribution >= 4 is 15.9 Å². The summed E-state index contributed by atoms with van der Waals surface area (Å²) in [7, 11) is 0. The molecule has 0 aliphatic rings. The standard InChI is InChI=1S/C9H13BrN2O/c1-9(5-11,6-13)7-3-2-4-8(10)12-7/h2-4,13H,5-6,11H2,1H3. The number of rotatable bonds is 3. The van der Waals surface area contributed by atoms with Crippen LogP contribution < -0.4 is 5.73 Å². The molecule has 0 aliphatic carbocycles. The van der Waals surface area contributed by atoms with Gasteiger partial charge in [-0.05, 0) is 28.1 Å². The zero-order valence-corrected chi connectivity index (χ0v) is 9.08. The first kappa shape index (κ1) is 10.6. The number of nitrogens with zero attached hydrogens (tertiary/aromatic N) is 1. The molecule has 0 aromatic carbocycles. The van der Waals surface area contributed by atoms with Crippen LogP contribution in [-0.4, -0.2) is 23.2 Å². The Morgan fingerprint density at radius 3 is 2.77 bits per heavy atom. The third-order valence-corrected chi connectivity index (χ3v) is 2.57. The van der Waals surface area contributed by atoms with E-state index >= 15 is 0 Å². The average Bonchev–Trinajstić information content (AvgIpc) is 2.17. The zero-order chi connectivity index (χ0) is 9.90. The van der Waals surface area contributed by atoms with E-state index in [0.717, 1.165) is 10.3 Å². The normalized spacial score (nSPS) is 15.4. The number of pyridine rings is 1. The van der Waals surface area contributed by atoms with E-state index in [1.165, 1.54) is 0 Å². The van der Waals surface area contributed by atoms with Crippen molar-refractivity contribution in [3.63, 3.8) is 0 Å². The third-order valence-electron chi connectivity index (χ3n) is 2.13. The summed E-state index contributed by atoms with van der Waals surface area (Å²) < 4.78 is 0.762. The van der Waals surface area contributed by atoms with E-state index in [9.17, 15) is 5.11 Å². The van der Waals surface area contributed by atoms with Crippen molar-refractivity contribution in [1.82, 2.24) is 4.98 Å². The lowest BCUT2D eigenvalue weighted by Gasteiger charge is -2.24. The summed E-state index contributed by atoms with van der Waals surface area (Å²) >= 11 is 3.28. The monoisotopic (exact) mass is 244 g/mol. The Balaban J connectivity index is 3.05. The van der Waals surface area contributed by atoms with Gasteiger partial charge < -0.3 is 10.8 Å². The largest absolute Gasteiger partial charge is 0.395 e. The molecule has 1 heterocycles. The number of aliphatic hydroxyl groups is 1. The number of aromatic nitrogens is 1. The van der Waals surface area contributed by atoms with Gasteiger partial charge in [-0.25, -0.2) is 4.98 Å². The van der Waals surface area contributed by atoms with E-state index < -0.39 is 5.41 Å². The highest BCUT2D eigenvalue weighted by Gasteiger charge is 2.25. The Kier molecular flexibility index (Phi) is 3.41. The summed E-state index contributed by atoms with van der Waals surface area (Å²) in [5.74, 6) is 0. The minimum atomic E-state index is -0.441. The van der Waals surface area contributed by atoms with Crippen LogP contribution in [0.3, 0.4) is 0 Å². The van der Waals surface area contributed by atoms with Gasteiger partial charge in [-0.2, -0.15) is 0 Å². The average molecular weight is 245 g/mol. The van der Waals surface area contributed by atoms with Crippen molar-refractivity contribution in [2.24, 2.45) is 5.73 Å². The maximum atomic E-state index is 9.19. The summed E-state index contributed by atoms with van der Waals surface area (Å²) in [6.07, 6.45) is 0. The molecule has 13 heavy (non-hydrogen) atoms. The summed E-state index contributed by atoms with van der Waals surface area (Å²) in [4.78, 5) is 4.26. The second-order valence-corrected chi connectivity index (χ2v) is 4.08. The molecule has 4 heteroatoms. The molecule has 3 nitrogen and oxygen atoms in total. The molecule has 0 amide bonds. The Hall–Kier alpha value is -0.450. The predicted octanol–water partition coefficient (Wildman–Crippen LogP) is 1.05. The van der Waals surface area contributed by atoms with Gasteiger partial charge >= 0.3 is 0 Å². The zero-order valence-electron chi connectivity index (χ0n) is 7.50. The van der Waals surface area contributed by atoms with Gasteiger partial charge in [0.25, 0.3) is 0 Å². The molecule has 0 radical (unpaired) electrons. The van der Waals surface area contributed by atoms with Crippen LogP contribution in [0.2, 0.25) is 0 Å². The summed E-state index contributed by atoms with van der Waals surface area (Å²) in [5.41, 5.74) is 5.96. The fraction of sp³-hybridized carbons (Fsp3) is 0.444. The van der Waals surface area contributed by atoms with Crippen LogP contribution >= 0.6 is 15.9 Å². The van der Waals surface area contributed by atoms with Crippen molar-refractivity contribution < 1.29 is 5.11 Å². The molecule has 72 valence electrons. The van der Waals surface area contributed by atoms with Gasteiger partial charge in [0.2, 0.25) is 0 Å². The molecule has 0 saturated carbocycles. The maximum Gasteiger partial charge on any atom is 0.106 e. The first-order chi connectivity index (χ1) is 6.12. The van der Waals surface area contributed by atoms with E-state index in [4.69, 9.17) is 5.73 Å². The van der Waals surface area contributed by atoms with E-state index in [-0.39, 0.29) is 6.61 Å². The molecule has 1 rings (SSSR count). The molecular formula is C9H13BrN2O. The van der Waals surface area contributed by atoms with Gasteiger partial charge in [-0.1, -0.05) is 13.0 Å². The minimum absolute atomic E-state index is 0.00690. The Morgan fingerprint density at radius 2 is 2.31 bits per heavy atom. The molecule has 3 N–H and O–H groups in total. The number of hydrogen-bond acceptors (Lipinski definition) is 3. The van der Waals surface area contributed by atoms with Crippen molar-refractivity contribution in [2.75, 3.05) is 13.2 Å². The number of aliphatic hydroxyl groups excluding tert-OH is 1. The molecule has 0 bridgehead atoms. The first-order valence-electron chi connectivity index (χ1n) is 4.06. The Labute approximate surface area is 86.1 Å². The molecule has 1 aromatic rings. The van der Waals surface area contributed by atoms with Crippen molar-refractivity contribution in [2.45, 2.75) is 12.3 Å². The van der Waals surface area contributed by atoms with Crippen LogP contribution in [0.1, 0.15) is 12.6 Å². The second-order valence-electron chi connectivity index (χ2n) is 3.27. The lowest BCUT2D eigenvalue weighted by molar-refractivity contribution is 0.207. The Morgan fingerprint density at radius 1 is 1.62 bits per heavy atom. The van der Waals surface area contributed by atoms with Gasteiger partial charge in [0.05, 0.1) is 12.3 Å². The van der Waals surface area contributed by atoms with E-state index in [1.807, 2.05) is 25.1 Å². The molecule has 1 unspecified atom stereocenters. The van der Waals surface area contributed by atoms with Gasteiger partial charge in [0.1, 0.15) is 4.60 Å². The fourth-order valence-corrected chi connectivity index (χ4v) is 1.34. The van der Waals surface area contributed by atoms with Gasteiger partial charge in [-0.15, -0.1) is 0 Å². The number of hydrogen-bond donors (Lipinski definition) is 2. The third kappa shape index (κ3) is 2.27. The molecule has 0 saturated heterocycles. The topological polar surface area (TPSA) is 59.1 Å². The van der Waals surface area contributed by atoms with Crippen molar-refractivity contribution in [3.05, 3.63) is 28.5 Å². The second kappa shape index (κ2) is 4.17. The quantitative estimate of drug-likeness (QED) is 0.782. The van der Waals surface area contributed by atoms with Crippen LogP contribution in [0.15, 0.2) is 22.8 Å². The lowest BCUT2D eigenvalue weighted by atomic mass is 9.87. The predicted molar refractivity (Wildman–Crippen MR) is 55.4 cm³/mol. The SMILES string of the molecule is CC(CN)(CO)c1cccc(Br)n1.